The van der Waals surface area contributed by atoms with E-state index in [9.17, 15) is 0 Å². The maximum absolute atomic E-state index is 6.84. The van der Waals surface area contributed by atoms with E-state index in [-0.39, 0.29) is 11.8 Å². The van der Waals surface area contributed by atoms with Crippen LogP contribution >= 0.6 is 0 Å². The zero-order valence-corrected chi connectivity index (χ0v) is 31.3. The molecule has 3 heteroatoms. The van der Waals surface area contributed by atoms with Gasteiger partial charge in [0.05, 0.1) is 22.4 Å². The minimum absolute atomic E-state index is 0.142. The second kappa shape index (κ2) is 12.7. The molecule has 2 heterocycles. The van der Waals surface area contributed by atoms with Gasteiger partial charge in [0.15, 0.2) is 5.76 Å². The largest absolute Gasteiger partial charge is 0.454 e. The Bertz CT molecular complexity index is 3260. The van der Waals surface area contributed by atoms with E-state index in [2.05, 4.69) is 204 Å². The summed E-state index contributed by atoms with van der Waals surface area (Å²) in [5.41, 5.74) is 11.9. The molecule has 270 valence electrons. The Hall–Kier alpha value is -7.10. The molecule has 3 aliphatic carbocycles. The van der Waals surface area contributed by atoms with Crippen LogP contribution in [0.4, 0.5) is 5.69 Å². The highest BCUT2D eigenvalue weighted by Crippen LogP contribution is 2.49. The SMILES string of the molecule is C1=CC2=C(N(C3=CCCc4c3oc3ccccc43)c3cc4ccccc4c4ccccc34)C=CC(c3ccc4c(c3)c3ccccc3n4-c3ccccc3)C2C=C1. The van der Waals surface area contributed by atoms with Gasteiger partial charge in [-0.05, 0) is 88.7 Å². The molecule has 57 heavy (non-hydrogen) atoms. The quantitative estimate of drug-likeness (QED) is 0.164. The van der Waals surface area contributed by atoms with E-state index in [1.807, 2.05) is 0 Å². The lowest BCUT2D eigenvalue weighted by Crippen LogP contribution is -2.28. The normalized spacial score (nSPS) is 17.5. The van der Waals surface area contributed by atoms with Crippen LogP contribution in [-0.2, 0) is 6.42 Å². The minimum atomic E-state index is 0.142. The van der Waals surface area contributed by atoms with Gasteiger partial charge >= 0.3 is 0 Å². The van der Waals surface area contributed by atoms with Gasteiger partial charge in [-0.1, -0.05) is 146 Å². The van der Waals surface area contributed by atoms with Crippen LogP contribution in [0.2, 0.25) is 0 Å². The lowest BCUT2D eigenvalue weighted by atomic mass is 9.75. The third kappa shape index (κ3) is 4.92. The second-order valence-corrected chi connectivity index (χ2v) is 15.5. The van der Waals surface area contributed by atoms with Crippen molar-refractivity contribution in [2.24, 2.45) is 5.92 Å². The molecule has 2 unspecified atom stereocenters. The number of rotatable bonds is 5. The average molecular weight is 731 g/mol. The number of benzene rings is 7. The van der Waals surface area contributed by atoms with Crippen molar-refractivity contribution in [3.05, 3.63) is 222 Å². The van der Waals surface area contributed by atoms with Crippen LogP contribution in [0.25, 0.3) is 65.7 Å². The minimum Gasteiger partial charge on any atom is -0.454 e. The van der Waals surface area contributed by atoms with Crippen LogP contribution in [0.15, 0.2) is 210 Å². The first-order valence-corrected chi connectivity index (χ1v) is 20.1. The molecule has 0 fully saturated rings. The standard InChI is InChI=1S/C54H38N2O/c1-2-16-37(17-3-1)55-48-26-12-10-23-44(48)47-33-36(29-31-50(47)55)39-30-32-49(42-21-8-6-20-41(39)42)56(51-27-14-25-46-45-24-11-13-28-53(45)57-54(46)51)52-34-35-15-4-5-18-38(35)40-19-7-9-22-43(40)52/h1-13,15-24,26-34,39,41H,14,25H2. The Balaban J connectivity index is 1.06. The monoisotopic (exact) mass is 730 g/mol. The Labute approximate surface area is 331 Å². The van der Waals surface area contributed by atoms with Gasteiger partial charge in [-0.3, -0.25) is 0 Å². The molecule has 0 saturated heterocycles. The van der Waals surface area contributed by atoms with E-state index in [1.165, 1.54) is 76.8 Å². The number of allylic oxidation sites excluding steroid dienone is 8. The van der Waals surface area contributed by atoms with E-state index >= 15 is 0 Å². The average Bonchev–Trinajstić information content (AvgIpc) is 3.83. The Morgan fingerprint density at radius 2 is 1.30 bits per heavy atom. The number of fused-ring (bicyclic) bond motifs is 10. The molecule has 2 atom stereocenters. The van der Waals surface area contributed by atoms with Crippen molar-refractivity contribution < 1.29 is 4.42 Å². The van der Waals surface area contributed by atoms with Gasteiger partial charge in [0.1, 0.15) is 5.58 Å². The van der Waals surface area contributed by atoms with Crippen LogP contribution in [0.1, 0.15) is 29.2 Å². The highest BCUT2D eigenvalue weighted by atomic mass is 16.3. The van der Waals surface area contributed by atoms with Gasteiger partial charge in [-0.15, -0.1) is 0 Å². The summed E-state index contributed by atoms with van der Waals surface area (Å²) in [4.78, 5) is 2.52. The number of hydrogen-bond donors (Lipinski definition) is 0. The van der Waals surface area contributed by atoms with Crippen LogP contribution in [0.3, 0.4) is 0 Å². The lowest BCUT2D eigenvalue weighted by Gasteiger charge is -2.38. The summed E-state index contributed by atoms with van der Waals surface area (Å²) in [5, 5.41) is 8.71. The van der Waals surface area contributed by atoms with Gasteiger partial charge in [-0.2, -0.15) is 0 Å². The number of para-hydroxylation sites is 3. The van der Waals surface area contributed by atoms with Crippen molar-refractivity contribution in [1.82, 2.24) is 4.57 Å². The zero-order chi connectivity index (χ0) is 37.5. The second-order valence-electron chi connectivity index (χ2n) is 15.5. The molecular formula is C54H38N2O. The summed E-state index contributed by atoms with van der Waals surface area (Å²) in [5.74, 6) is 1.27. The van der Waals surface area contributed by atoms with E-state index < -0.39 is 0 Å². The molecule has 0 radical (unpaired) electrons. The third-order valence-electron chi connectivity index (χ3n) is 12.4. The number of anilines is 1. The number of aryl methyl sites for hydroxylation is 1. The molecule has 12 rings (SSSR count). The molecule has 0 amide bonds. The molecule has 0 aliphatic heterocycles. The summed E-state index contributed by atoms with van der Waals surface area (Å²) in [6, 6.07) is 55.2. The van der Waals surface area contributed by atoms with E-state index in [0.717, 1.165) is 35.6 Å². The number of nitrogens with zero attached hydrogens (tertiary/aromatic N) is 2. The fraction of sp³-hybridized carbons (Fsp3) is 0.0741. The molecule has 0 spiro atoms. The molecule has 3 nitrogen and oxygen atoms in total. The fourth-order valence-corrected chi connectivity index (χ4v) is 9.91. The van der Waals surface area contributed by atoms with E-state index in [1.54, 1.807) is 0 Å². The number of hydrogen-bond acceptors (Lipinski definition) is 2. The lowest BCUT2D eigenvalue weighted by molar-refractivity contribution is 0.587. The van der Waals surface area contributed by atoms with Crippen LogP contribution < -0.4 is 4.90 Å². The van der Waals surface area contributed by atoms with E-state index in [4.69, 9.17) is 4.42 Å². The summed E-state index contributed by atoms with van der Waals surface area (Å²) in [6.45, 7) is 0. The molecule has 7 aromatic carbocycles. The van der Waals surface area contributed by atoms with Crippen molar-refractivity contribution in [1.29, 1.82) is 0 Å². The highest BCUT2D eigenvalue weighted by Gasteiger charge is 2.35. The van der Waals surface area contributed by atoms with Crippen molar-refractivity contribution in [3.8, 4) is 5.69 Å². The van der Waals surface area contributed by atoms with Crippen LogP contribution in [-0.4, -0.2) is 4.57 Å². The number of aromatic nitrogens is 1. The summed E-state index contributed by atoms with van der Waals surface area (Å²) in [6.07, 6.45) is 18.3. The smallest absolute Gasteiger partial charge is 0.155 e. The van der Waals surface area contributed by atoms with Gasteiger partial charge in [-0.25, -0.2) is 0 Å². The highest BCUT2D eigenvalue weighted by molar-refractivity contribution is 6.15. The molecule has 3 aliphatic rings. The first-order valence-electron chi connectivity index (χ1n) is 20.1. The molecule has 2 aromatic heterocycles. The van der Waals surface area contributed by atoms with E-state index in [0.29, 0.717) is 0 Å². The van der Waals surface area contributed by atoms with Crippen molar-refractivity contribution >= 4 is 65.7 Å². The van der Waals surface area contributed by atoms with Crippen LogP contribution in [0.5, 0.6) is 0 Å². The summed E-state index contributed by atoms with van der Waals surface area (Å²) < 4.78 is 9.24. The maximum Gasteiger partial charge on any atom is 0.155 e. The maximum atomic E-state index is 6.84. The first-order chi connectivity index (χ1) is 28.3. The third-order valence-corrected chi connectivity index (χ3v) is 12.4. The topological polar surface area (TPSA) is 21.3 Å². The molecule has 0 saturated carbocycles. The zero-order valence-electron chi connectivity index (χ0n) is 31.3. The number of furan rings is 1. The molecule has 0 bridgehead atoms. The summed E-state index contributed by atoms with van der Waals surface area (Å²) in [7, 11) is 0. The van der Waals surface area contributed by atoms with Gasteiger partial charge < -0.3 is 13.9 Å². The van der Waals surface area contributed by atoms with Crippen molar-refractivity contribution in [3.63, 3.8) is 0 Å². The Kier molecular flexibility index (Phi) is 7.18. The molecular weight excluding hydrogens is 693 g/mol. The molecule has 9 aromatic rings. The van der Waals surface area contributed by atoms with Gasteiger partial charge in [0.2, 0.25) is 0 Å². The van der Waals surface area contributed by atoms with Gasteiger partial charge in [0.25, 0.3) is 0 Å². The Morgan fingerprint density at radius 3 is 2.19 bits per heavy atom. The predicted molar refractivity (Wildman–Crippen MR) is 238 cm³/mol. The van der Waals surface area contributed by atoms with Gasteiger partial charge in [0, 0.05) is 50.3 Å². The first kappa shape index (κ1) is 32.2. The molecule has 0 N–H and O–H groups in total. The van der Waals surface area contributed by atoms with Crippen molar-refractivity contribution in [2.75, 3.05) is 4.90 Å². The fourth-order valence-electron chi connectivity index (χ4n) is 9.91. The van der Waals surface area contributed by atoms with Crippen molar-refractivity contribution in [2.45, 2.75) is 18.8 Å². The predicted octanol–water partition coefficient (Wildman–Crippen LogP) is 14.0. The Morgan fingerprint density at radius 1 is 0.561 bits per heavy atom. The van der Waals surface area contributed by atoms with Crippen LogP contribution in [0, 0.1) is 5.92 Å². The summed E-state index contributed by atoms with van der Waals surface area (Å²) >= 11 is 0.